The average molecular weight is 360 g/mol. The van der Waals surface area contributed by atoms with E-state index in [1.807, 2.05) is 35.0 Å². The largest absolute Gasteiger partial charge is 0.322 e. The van der Waals surface area contributed by atoms with Gasteiger partial charge in [0.15, 0.2) is 0 Å². The Balaban J connectivity index is 1.76. The zero-order chi connectivity index (χ0) is 17.1. The lowest BCUT2D eigenvalue weighted by atomic mass is 10.2. The fourth-order valence-corrected chi connectivity index (χ4v) is 2.68. The number of rotatable bonds is 4. The normalized spacial score (nSPS) is 10.6. The predicted molar refractivity (Wildman–Crippen MR) is 97.4 cm³/mol. The quantitative estimate of drug-likeness (QED) is 0.712. The van der Waals surface area contributed by atoms with E-state index in [-0.39, 0.29) is 5.91 Å². The van der Waals surface area contributed by atoms with E-state index in [9.17, 15) is 4.79 Å². The van der Waals surface area contributed by atoms with Crippen molar-refractivity contribution in [2.45, 2.75) is 13.3 Å². The Morgan fingerprint density at radius 1 is 1.12 bits per heavy atom. The van der Waals surface area contributed by atoms with E-state index in [1.54, 1.807) is 24.4 Å². The molecule has 0 fully saturated rings. The lowest BCUT2D eigenvalue weighted by Crippen LogP contribution is -2.11. The second-order valence-electron chi connectivity index (χ2n) is 5.20. The van der Waals surface area contributed by atoms with Crippen LogP contribution in [0, 0.1) is 0 Å². The molecule has 1 heterocycles. The highest BCUT2D eigenvalue weighted by Gasteiger charge is 2.09. The van der Waals surface area contributed by atoms with Crippen LogP contribution in [0.1, 0.15) is 23.1 Å². The van der Waals surface area contributed by atoms with Crippen molar-refractivity contribution in [3.8, 4) is 5.69 Å². The second-order valence-corrected chi connectivity index (χ2v) is 6.01. The summed E-state index contributed by atoms with van der Waals surface area (Å²) in [5.41, 5.74) is 2.15. The van der Waals surface area contributed by atoms with Gasteiger partial charge in [-0.3, -0.25) is 4.79 Å². The van der Waals surface area contributed by atoms with Crippen molar-refractivity contribution in [3.63, 3.8) is 0 Å². The van der Waals surface area contributed by atoms with E-state index in [4.69, 9.17) is 23.2 Å². The van der Waals surface area contributed by atoms with Crippen molar-refractivity contribution in [1.29, 1.82) is 0 Å². The predicted octanol–water partition coefficient (Wildman–Crippen LogP) is 4.99. The molecule has 0 aliphatic rings. The average Bonchev–Trinajstić information content (AvgIpc) is 3.06. The van der Waals surface area contributed by atoms with Gasteiger partial charge in [-0.25, -0.2) is 4.98 Å². The Morgan fingerprint density at radius 2 is 1.88 bits per heavy atom. The van der Waals surface area contributed by atoms with Crippen LogP contribution in [0.15, 0.2) is 54.9 Å². The third-order valence-corrected chi connectivity index (χ3v) is 4.36. The third-order valence-electron chi connectivity index (χ3n) is 3.62. The molecule has 0 atom stereocenters. The number of halogens is 2. The molecule has 1 aromatic heterocycles. The van der Waals surface area contributed by atoms with Crippen LogP contribution < -0.4 is 5.32 Å². The number of anilines is 1. The van der Waals surface area contributed by atoms with E-state index in [2.05, 4.69) is 17.2 Å². The lowest BCUT2D eigenvalue weighted by Gasteiger charge is -2.09. The van der Waals surface area contributed by atoms with E-state index in [1.165, 1.54) is 0 Å². The van der Waals surface area contributed by atoms with Gasteiger partial charge in [-0.05, 0) is 42.5 Å². The van der Waals surface area contributed by atoms with Crippen LogP contribution >= 0.6 is 23.2 Å². The van der Waals surface area contributed by atoms with Crippen LogP contribution in [-0.2, 0) is 6.42 Å². The maximum absolute atomic E-state index is 12.3. The van der Waals surface area contributed by atoms with Crippen molar-refractivity contribution in [2.24, 2.45) is 0 Å². The van der Waals surface area contributed by atoms with Crippen LogP contribution in [0.3, 0.4) is 0 Å². The Morgan fingerprint density at radius 3 is 2.54 bits per heavy atom. The molecule has 0 saturated carbocycles. The number of amides is 1. The Bertz CT molecular complexity index is 872. The number of nitrogens with zero attached hydrogens (tertiary/aromatic N) is 2. The minimum Gasteiger partial charge on any atom is -0.322 e. The summed E-state index contributed by atoms with van der Waals surface area (Å²) in [6, 6.07) is 12.4. The molecule has 6 heteroatoms. The molecule has 0 bridgehead atoms. The molecule has 0 unspecified atom stereocenters. The summed E-state index contributed by atoms with van der Waals surface area (Å²) in [5.74, 6) is 0.751. The Labute approximate surface area is 150 Å². The highest BCUT2D eigenvalue weighted by atomic mass is 35.5. The molecule has 0 radical (unpaired) electrons. The van der Waals surface area contributed by atoms with Gasteiger partial charge in [0, 0.05) is 35.8 Å². The first-order chi connectivity index (χ1) is 11.6. The van der Waals surface area contributed by atoms with Crippen molar-refractivity contribution in [3.05, 3.63) is 76.3 Å². The minimum absolute atomic E-state index is 0.238. The SMILES string of the molecule is CCc1nccn1-c1ccc(NC(=O)c2ccc(Cl)c(Cl)c2)cc1. The smallest absolute Gasteiger partial charge is 0.255 e. The molecular formula is C18H15Cl2N3O. The second kappa shape index (κ2) is 7.07. The zero-order valence-electron chi connectivity index (χ0n) is 13.0. The minimum atomic E-state index is -0.238. The highest BCUT2D eigenvalue weighted by Crippen LogP contribution is 2.23. The van der Waals surface area contributed by atoms with Gasteiger partial charge >= 0.3 is 0 Å². The highest BCUT2D eigenvalue weighted by molar-refractivity contribution is 6.42. The number of carbonyl (C=O) groups is 1. The monoisotopic (exact) mass is 359 g/mol. The number of hydrogen-bond donors (Lipinski definition) is 1. The molecule has 122 valence electrons. The number of aromatic nitrogens is 2. The summed E-state index contributed by atoms with van der Waals surface area (Å²) in [6.07, 6.45) is 4.55. The van der Waals surface area contributed by atoms with Gasteiger partial charge in [-0.15, -0.1) is 0 Å². The van der Waals surface area contributed by atoms with Crippen LogP contribution in [0.4, 0.5) is 5.69 Å². The van der Waals surface area contributed by atoms with E-state index in [0.717, 1.165) is 17.9 Å². The van der Waals surface area contributed by atoms with Gasteiger partial charge in [0.25, 0.3) is 5.91 Å². The fraction of sp³-hybridized carbons (Fsp3) is 0.111. The first-order valence-electron chi connectivity index (χ1n) is 7.47. The van der Waals surface area contributed by atoms with Crippen molar-refractivity contribution < 1.29 is 4.79 Å². The summed E-state index contributed by atoms with van der Waals surface area (Å²) < 4.78 is 2.02. The fourth-order valence-electron chi connectivity index (χ4n) is 2.38. The molecule has 1 amide bonds. The van der Waals surface area contributed by atoms with Gasteiger partial charge in [0.1, 0.15) is 5.82 Å². The van der Waals surface area contributed by atoms with Crippen LogP contribution in [-0.4, -0.2) is 15.5 Å². The summed E-state index contributed by atoms with van der Waals surface area (Å²) in [4.78, 5) is 16.6. The molecule has 3 rings (SSSR count). The topological polar surface area (TPSA) is 46.9 Å². The van der Waals surface area contributed by atoms with Crippen LogP contribution in [0.25, 0.3) is 5.69 Å². The lowest BCUT2D eigenvalue weighted by molar-refractivity contribution is 0.102. The van der Waals surface area contributed by atoms with Gasteiger partial charge in [-0.2, -0.15) is 0 Å². The van der Waals surface area contributed by atoms with Crippen LogP contribution in [0.5, 0.6) is 0 Å². The number of nitrogens with one attached hydrogen (secondary N) is 1. The van der Waals surface area contributed by atoms with Gasteiger partial charge in [0.05, 0.1) is 10.0 Å². The molecular weight excluding hydrogens is 345 g/mol. The van der Waals surface area contributed by atoms with Gasteiger partial charge < -0.3 is 9.88 Å². The number of aryl methyl sites for hydroxylation is 1. The van der Waals surface area contributed by atoms with E-state index >= 15 is 0 Å². The molecule has 2 aromatic carbocycles. The van der Waals surface area contributed by atoms with E-state index < -0.39 is 0 Å². The van der Waals surface area contributed by atoms with E-state index in [0.29, 0.717) is 21.3 Å². The first kappa shape index (κ1) is 16.6. The summed E-state index contributed by atoms with van der Waals surface area (Å²) in [6.45, 7) is 2.06. The Kier molecular flexibility index (Phi) is 4.88. The standard InChI is InChI=1S/C18H15Cl2N3O/c1-2-17-21-9-10-23(17)14-6-4-13(5-7-14)22-18(24)12-3-8-15(19)16(20)11-12/h3-11H,2H2,1H3,(H,22,24). The first-order valence-corrected chi connectivity index (χ1v) is 8.23. The number of carbonyl (C=O) groups excluding carboxylic acids is 1. The maximum atomic E-state index is 12.3. The third kappa shape index (κ3) is 3.45. The molecule has 3 aromatic rings. The Hall–Kier alpha value is -2.30. The number of imidazole rings is 1. The van der Waals surface area contributed by atoms with Crippen molar-refractivity contribution >= 4 is 34.8 Å². The molecule has 0 spiro atoms. The molecule has 0 saturated heterocycles. The zero-order valence-corrected chi connectivity index (χ0v) is 14.5. The summed E-state index contributed by atoms with van der Waals surface area (Å²) in [7, 11) is 0. The molecule has 4 nitrogen and oxygen atoms in total. The summed E-state index contributed by atoms with van der Waals surface area (Å²) >= 11 is 11.8. The summed E-state index contributed by atoms with van der Waals surface area (Å²) in [5, 5.41) is 3.61. The van der Waals surface area contributed by atoms with Gasteiger partial charge in [-0.1, -0.05) is 30.1 Å². The van der Waals surface area contributed by atoms with Gasteiger partial charge in [0.2, 0.25) is 0 Å². The molecule has 24 heavy (non-hydrogen) atoms. The van der Waals surface area contributed by atoms with Crippen LogP contribution in [0.2, 0.25) is 10.0 Å². The molecule has 1 N–H and O–H groups in total. The number of hydrogen-bond acceptors (Lipinski definition) is 2. The maximum Gasteiger partial charge on any atom is 0.255 e. The molecule has 0 aliphatic carbocycles. The number of benzene rings is 2. The molecule has 0 aliphatic heterocycles. The van der Waals surface area contributed by atoms with Crippen molar-refractivity contribution in [1.82, 2.24) is 9.55 Å². The van der Waals surface area contributed by atoms with Crippen molar-refractivity contribution in [2.75, 3.05) is 5.32 Å².